The lowest BCUT2D eigenvalue weighted by molar-refractivity contribution is -0.137. The summed E-state index contributed by atoms with van der Waals surface area (Å²) in [7, 11) is 0. The maximum absolute atomic E-state index is 14.5. The van der Waals surface area contributed by atoms with Gasteiger partial charge in [0.05, 0.1) is 6.42 Å². The second-order valence-corrected chi connectivity index (χ2v) is 10.6. The predicted octanol–water partition coefficient (Wildman–Crippen LogP) is 6.45. The zero-order chi connectivity index (χ0) is 27.8. The number of carboxylic acids is 1. The van der Waals surface area contributed by atoms with Crippen molar-refractivity contribution < 1.29 is 28.6 Å². The van der Waals surface area contributed by atoms with Crippen molar-refractivity contribution >= 4 is 28.3 Å². The maximum atomic E-state index is 14.5. The van der Waals surface area contributed by atoms with Crippen LogP contribution in [0.5, 0.6) is 5.75 Å². The van der Waals surface area contributed by atoms with Crippen LogP contribution in [0.15, 0.2) is 83.2 Å². The molecule has 1 heterocycles. The number of halogens is 1. The van der Waals surface area contributed by atoms with Gasteiger partial charge in [-0.25, -0.2) is 4.39 Å². The van der Waals surface area contributed by atoms with E-state index in [0.29, 0.717) is 61.0 Å². The number of hydrogen-bond donors (Lipinski definition) is 1. The highest BCUT2D eigenvalue weighted by molar-refractivity contribution is 6.08. The summed E-state index contributed by atoms with van der Waals surface area (Å²) in [5.74, 6) is -1.46. The van der Waals surface area contributed by atoms with E-state index in [9.17, 15) is 23.9 Å². The van der Waals surface area contributed by atoms with Gasteiger partial charge in [-0.05, 0) is 48.6 Å². The smallest absolute Gasteiger partial charge is 0.305 e. The fourth-order valence-corrected chi connectivity index (χ4v) is 6.45. The lowest BCUT2D eigenvalue weighted by Gasteiger charge is -2.44. The number of ketones is 2. The molecule has 3 aromatic carbocycles. The molecule has 0 unspecified atom stereocenters. The summed E-state index contributed by atoms with van der Waals surface area (Å²) < 4.78 is 20.8. The molecular formula is C33H30FNO5. The Labute approximate surface area is 231 Å². The molecule has 1 aliphatic heterocycles. The Balaban J connectivity index is 1.57. The van der Waals surface area contributed by atoms with Crippen LogP contribution in [-0.2, 0) is 21.0 Å². The normalized spacial score (nSPS) is 17.8. The number of carbonyl (C=O) groups excluding carboxylic acids is 2. The lowest BCUT2D eigenvalue weighted by atomic mass is 9.70. The number of carbonyl (C=O) groups is 3. The SMILES string of the molecule is O=C(O)CCN1C2=C(C(=O)CCC2)C(c2c(OCc3ccccc3F)ccc3ccccc23)C2=C1CCCC2=O. The number of hydrogen-bond acceptors (Lipinski definition) is 5. The van der Waals surface area contributed by atoms with E-state index < -0.39 is 11.9 Å². The molecule has 0 spiro atoms. The van der Waals surface area contributed by atoms with Crippen LogP contribution in [-0.4, -0.2) is 34.1 Å². The molecule has 6 rings (SSSR count). The van der Waals surface area contributed by atoms with Gasteiger partial charge in [0, 0.05) is 59.0 Å². The molecule has 0 atom stereocenters. The number of nitrogens with zero attached hydrogens (tertiary/aromatic N) is 1. The first-order valence-electron chi connectivity index (χ1n) is 13.8. The van der Waals surface area contributed by atoms with Gasteiger partial charge in [-0.15, -0.1) is 0 Å². The summed E-state index contributed by atoms with van der Waals surface area (Å²) in [5.41, 5.74) is 3.92. The molecule has 1 N–H and O–H groups in total. The molecule has 0 fully saturated rings. The highest BCUT2D eigenvalue weighted by Crippen LogP contribution is 2.52. The number of fused-ring (bicyclic) bond motifs is 1. The van der Waals surface area contributed by atoms with Crippen LogP contribution < -0.4 is 4.74 Å². The van der Waals surface area contributed by atoms with Crippen LogP contribution >= 0.6 is 0 Å². The average molecular weight is 540 g/mol. The molecule has 2 aliphatic carbocycles. The molecule has 0 aromatic heterocycles. The number of aliphatic carboxylic acids is 1. The lowest BCUT2D eigenvalue weighted by Crippen LogP contribution is -2.40. The molecule has 0 radical (unpaired) electrons. The third-order valence-corrected chi connectivity index (χ3v) is 8.20. The van der Waals surface area contributed by atoms with Crippen LogP contribution in [0.4, 0.5) is 4.39 Å². The summed E-state index contributed by atoms with van der Waals surface area (Å²) in [4.78, 5) is 40.9. The molecule has 40 heavy (non-hydrogen) atoms. The van der Waals surface area contributed by atoms with Gasteiger partial charge in [-0.1, -0.05) is 48.5 Å². The van der Waals surface area contributed by atoms with Gasteiger partial charge in [0.2, 0.25) is 0 Å². The third-order valence-electron chi connectivity index (χ3n) is 8.20. The minimum absolute atomic E-state index is 0.00479. The van der Waals surface area contributed by atoms with Crippen molar-refractivity contribution in [2.45, 2.75) is 57.5 Å². The Hall–Kier alpha value is -4.26. The molecule has 0 saturated carbocycles. The second-order valence-electron chi connectivity index (χ2n) is 10.6. The quantitative estimate of drug-likeness (QED) is 0.372. The summed E-state index contributed by atoms with van der Waals surface area (Å²) in [6.45, 7) is 0.210. The van der Waals surface area contributed by atoms with Gasteiger partial charge >= 0.3 is 5.97 Å². The molecule has 6 nitrogen and oxygen atoms in total. The van der Waals surface area contributed by atoms with Crippen LogP contribution in [0.3, 0.4) is 0 Å². The first-order chi connectivity index (χ1) is 19.4. The van der Waals surface area contributed by atoms with E-state index in [4.69, 9.17) is 4.74 Å². The average Bonchev–Trinajstić information content (AvgIpc) is 2.95. The Bertz CT molecular complexity index is 1560. The summed E-state index contributed by atoms with van der Waals surface area (Å²) >= 11 is 0. The predicted molar refractivity (Wildman–Crippen MR) is 148 cm³/mol. The fraction of sp³-hybridized carbons (Fsp3) is 0.303. The van der Waals surface area contributed by atoms with Gasteiger partial charge in [0.15, 0.2) is 11.6 Å². The van der Waals surface area contributed by atoms with E-state index in [1.54, 1.807) is 18.2 Å². The first kappa shape index (κ1) is 26.0. The maximum Gasteiger partial charge on any atom is 0.305 e. The number of ether oxygens (including phenoxy) is 1. The van der Waals surface area contributed by atoms with E-state index in [0.717, 1.165) is 27.7 Å². The van der Waals surface area contributed by atoms with Gasteiger partial charge in [0.1, 0.15) is 18.2 Å². The van der Waals surface area contributed by atoms with Crippen molar-refractivity contribution in [1.29, 1.82) is 0 Å². The van der Waals surface area contributed by atoms with E-state index >= 15 is 0 Å². The largest absolute Gasteiger partial charge is 0.488 e. The summed E-state index contributed by atoms with van der Waals surface area (Å²) in [6, 6.07) is 18.0. The van der Waals surface area contributed by atoms with Crippen molar-refractivity contribution in [3.63, 3.8) is 0 Å². The topological polar surface area (TPSA) is 83.9 Å². The number of Topliss-reactive ketones (excluding diaryl/α,β-unsaturated/α-hetero) is 2. The Morgan fingerprint density at radius 1 is 0.875 bits per heavy atom. The number of benzene rings is 3. The molecule has 0 amide bonds. The number of allylic oxidation sites excluding steroid dienone is 4. The van der Waals surface area contributed by atoms with Crippen molar-refractivity contribution in [2.24, 2.45) is 0 Å². The van der Waals surface area contributed by atoms with Crippen molar-refractivity contribution in [3.8, 4) is 5.75 Å². The van der Waals surface area contributed by atoms with Crippen LogP contribution in [0.25, 0.3) is 10.8 Å². The third kappa shape index (κ3) is 4.59. The Morgan fingerprint density at radius 2 is 1.52 bits per heavy atom. The summed E-state index contributed by atoms with van der Waals surface area (Å²) in [5, 5.41) is 11.3. The molecular weight excluding hydrogens is 509 g/mol. The molecule has 0 bridgehead atoms. The zero-order valence-electron chi connectivity index (χ0n) is 22.1. The minimum Gasteiger partial charge on any atom is -0.488 e. The molecule has 204 valence electrons. The highest BCUT2D eigenvalue weighted by Gasteiger charge is 2.44. The monoisotopic (exact) mass is 539 g/mol. The standard InChI is InChI=1S/C33H30FNO5/c34-23-10-4-2-8-21(23)19-40-28-16-15-20-7-1-3-9-22(20)30(28)33-31-24(11-5-13-26(31)36)35(18-17-29(38)39)25-12-6-14-27(37)32(25)33/h1-4,7-10,15-16,33H,5-6,11-14,17-19H2,(H,38,39). The minimum atomic E-state index is -0.923. The molecule has 7 heteroatoms. The van der Waals surface area contributed by atoms with Gasteiger partial charge in [-0.3, -0.25) is 14.4 Å². The summed E-state index contributed by atoms with van der Waals surface area (Å²) in [6.07, 6.45) is 3.28. The van der Waals surface area contributed by atoms with Gasteiger partial charge in [-0.2, -0.15) is 0 Å². The molecule has 0 saturated heterocycles. The second kappa shape index (κ2) is 10.7. The molecule has 3 aromatic rings. The first-order valence-corrected chi connectivity index (χ1v) is 13.8. The number of rotatable bonds is 7. The van der Waals surface area contributed by atoms with E-state index in [1.807, 2.05) is 41.3 Å². The van der Waals surface area contributed by atoms with E-state index in [1.165, 1.54) is 6.07 Å². The fourth-order valence-electron chi connectivity index (χ4n) is 6.45. The van der Waals surface area contributed by atoms with Crippen molar-refractivity contribution in [2.75, 3.05) is 6.54 Å². The van der Waals surface area contributed by atoms with E-state index in [2.05, 4.69) is 0 Å². The highest BCUT2D eigenvalue weighted by atomic mass is 19.1. The molecule has 3 aliphatic rings. The van der Waals surface area contributed by atoms with Crippen LogP contribution in [0.2, 0.25) is 0 Å². The van der Waals surface area contributed by atoms with E-state index in [-0.39, 0.29) is 37.0 Å². The Morgan fingerprint density at radius 3 is 2.20 bits per heavy atom. The van der Waals surface area contributed by atoms with Gasteiger partial charge < -0.3 is 14.7 Å². The van der Waals surface area contributed by atoms with Crippen LogP contribution in [0, 0.1) is 5.82 Å². The van der Waals surface area contributed by atoms with Gasteiger partial charge in [0.25, 0.3) is 0 Å². The van der Waals surface area contributed by atoms with Crippen LogP contribution in [0.1, 0.15) is 62.0 Å². The zero-order valence-corrected chi connectivity index (χ0v) is 22.1. The number of carboxylic acid groups (broad SMARTS) is 1. The van der Waals surface area contributed by atoms with Crippen molar-refractivity contribution in [3.05, 3.63) is 100 Å². The van der Waals surface area contributed by atoms with Crippen molar-refractivity contribution in [1.82, 2.24) is 4.90 Å². The Kier molecular flexibility index (Phi) is 6.96.